The predicted octanol–water partition coefficient (Wildman–Crippen LogP) is 1.25. The molecule has 1 N–H and O–H groups in total. The molecule has 0 aliphatic heterocycles. The zero-order valence-electron chi connectivity index (χ0n) is 6.61. The maximum Gasteiger partial charge on any atom is 0.152 e. The number of nitrogens with zero attached hydrogens (tertiary/aromatic N) is 2. The maximum atomic E-state index is 10.6. The molecule has 0 fully saturated rings. The molecule has 2 rings (SSSR count). The van der Waals surface area contributed by atoms with Crippen LogP contribution < -0.4 is 0 Å². The van der Waals surface area contributed by atoms with Crippen LogP contribution in [0.4, 0.5) is 0 Å². The summed E-state index contributed by atoms with van der Waals surface area (Å²) in [5.41, 5.74) is 2.21. The van der Waals surface area contributed by atoms with Crippen molar-refractivity contribution in [2.75, 3.05) is 0 Å². The third-order valence-electron chi connectivity index (χ3n) is 1.81. The molecular weight excluding hydrogens is 166 g/mol. The van der Waals surface area contributed by atoms with E-state index >= 15 is 0 Å². The summed E-state index contributed by atoms with van der Waals surface area (Å²) in [6.07, 6.45) is 2.20. The van der Waals surface area contributed by atoms with Crippen molar-refractivity contribution in [2.45, 2.75) is 0 Å². The van der Waals surface area contributed by atoms with E-state index in [0.29, 0.717) is 28.4 Å². The van der Waals surface area contributed by atoms with E-state index in [2.05, 4.69) is 9.97 Å². The summed E-state index contributed by atoms with van der Waals surface area (Å²) in [5.74, 6) is 0. The average molecular weight is 171 g/mol. The summed E-state index contributed by atoms with van der Waals surface area (Å²) < 4.78 is 0. The number of aromatic amines is 1. The van der Waals surface area contributed by atoms with Gasteiger partial charge in [-0.1, -0.05) is 0 Å². The smallest absolute Gasteiger partial charge is 0.152 e. The molecule has 0 aliphatic rings. The lowest BCUT2D eigenvalue weighted by Crippen LogP contribution is -1.85. The third kappa shape index (κ3) is 1.07. The SMILES string of the molecule is N#Cc1cc(C=O)c2nc[nH]c2c1. The lowest BCUT2D eigenvalue weighted by atomic mass is 10.1. The molecule has 0 unspecified atom stereocenters. The predicted molar refractivity (Wildman–Crippen MR) is 46.2 cm³/mol. The van der Waals surface area contributed by atoms with Gasteiger partial charge in [0.2, 0.25) is 0 Å². The first kappa shape index (κ1) is 7.50. The number of fused-ring (bicyclic) bond motifs is 1. The van der Waals surface area contributed by atoms with Gasteiger partial charge in [-0.25, -0.2) is 4.98 Å². The normalized spacial score (nSPS) is 9.77. The van der Waals surface area contributed by atoms with Crippen molar-refractivity contribution in [2.24, 2.45) is 0 Å². The Morgan fingerprint density at radius 2 is 2.38 bits per heavy atom. The second-order valence-electron chi connectivity index (χ2n) is 2.59. The van der Waals surface area contributed by atoms with Crippen LogP contribution in [0.2, 0.25) is 0 Å². The van der Waals surface area contributed by atoms with Gasteiger partial charge in [-0.2, -0.15) is 5.26 Å². The quantitative estimate of drug-likeness (QED) is 0.656. The number of hydrogen-bond acceptors (Lipinski definition) is 3. The van der Waals surface area contributed by atoms with Crippen molar-refractivity contribution in [3.05, 3.63) is 29.6 Å². The minimum Gasteiger partial charge on any atom is -0.345 e. The Morgan fingerprint density at radius 3 is 3.08 bits per heavy atom. The van der Waals surface area contributed by atoms with Crippen LogP contribution in [0.3, 0.4) is 0 Å². The number of H-pyrrole nitrogens is 1. The topological polar surface area (TPSA) is 69.5 Å². The fraction of sp³-hybridized carbons (Fsp3) is 0. The summed E-state index contributed by atoms with van der Waals surface area (Å²) in [5, 5.41) is 8.65. The minimum absolute atomic E-state index is 0.440. The summed E-state index contributed by atoms with van der Waals surface area (Å²) in [4.78, 5) is 17.4. The number of carbonyl (C=O) groups excluding carboxylic acids is 1. The lowest BCUT2D eigenvalue weighted by molar-refractivity contribution is 0.112. The number of imidazole rings is 1. The Kier molecular flexibility index (Phi) is 1.57. The molecule has 0 saturated carbocycles. The molecule has 0 bridgehead atoms. The van der Waals surface area contributed by atoms with Gasteiger partial charge in [0.05, 0.1) is 29.0 Å². The van der Waals surface area contributed by atoms with Crippen molar-refractivity contribution in [3.63, 3.8) is 0 Å². The van der Waals surface area contributed by atoms with Gasteiger partial charge in [0, 0.05) is 5.56 Å². The molecule has 0 radical (unpaired) electrons. The van der Waals surface area contributed by atoms with Gasteiger partial charge in [-0.15, -0.1) is 0 Å². The summed E-state index contributed by atoms with van der Waals surface area (Å²) in [6.45, 7) is 0. The highest BCUT2D eigenvalue weighted by Crippen LogP contribution is 2.15. The molecule has 0 atom stereocenters. The van der Waals surface area contributed by atoms with Gasteiger partial charge in [0.1, 0.15) is 0 Å². The van der Waals surface area contributed by atoms with E-state index < -0.39 is 0 Å². The second-order valence-corrected chi connectivity index (χ2v) is 2.59. The second kappa shape index (κ2) is 2.72. The molecule has 1 aromatic heterocycles. The number of hydrogen-bond donors (Lipinski definition) is 1. The number of aldehydes is 1. The van der Waals surface area contributed by atoms with Crippen LogP contribution in [0.15, 0.2) is 18.5 Å². The number of rotatable bonds is 1. The summed E-state index contributed by atoms with van der Waals surface area (Å²) in [6, 6.07) is 5.16. The van der Waals surface area contributed by atoms with Crippen LogP contribution in [0.1, 0.15) is 15.9 Å². The molecule has 4 nitrogen and oxygen atoms in total. The van der Waals surface area contributed by atoms with Crippen molar-refractivity contribution in [1.82, 2.24) is 9.97 Å². The van der Waals surface area contributed by atoms with Gasteiger partial charge in [-0.05, 0) is 12.1 Å². The van der Waals surface area contributed by atoms with Crippen LogP contribution in [0.25, 0.3) is 11.0 Å². The highest BCUT2D eigenvalue weighted by Gasteiger charge is 2.04. The van der Waals surface area contributed by atoms with Crippen molar-refractivity contribution in [1.29, 1.82) is 5.26 Å². The molecule has 2 aromatic rings. The molecule has 0 spiro atoms. The van der Waals surface area contributed by atoms with E-state index in [1.807, 2.05) is 6.07 Å². The van der Waals surface area contributed by atoms with E-state index in [1.54, 1.807) is 6.07 Å². The highest BCUT2D eigenvalue weighted by molar-refractivity contribution is 5.94. The van der Waals surface area contributed by atoms with Crippen molar-refractivity contribution < 1.29 is 4.79 Å². The van der Waals surface area contributed by atoms with Gasteiger partial charge in [0.25, 0.3) is 0 Å². The average Bonchev–Trinajstić information content (AvgIpc) is 2.63. The van der Waals surface area contributed by atoms with Gasteiger partial charge in [-0.3, -0.25) is 4.79 Å². The van der Waals surface area contributed by atoms with E-state index in [4.69, 9.17) is 5.26 Å². The number of nitrogens with one attached hydrogen (secondary N) is 1. The standard InChI is InChI=1S/C9H5N3O/c10-3-6-1-7(4-13)9-8(2-6)11-5-12-9/h1-2,4-5H,(H,11,12). The number of carbonyl (C=O) groups is 1. The largest absolute Gasteiger partial charge is 0.345 e. The molecule has 13 heavy (non-hydrogen) atoms. The fourth-order valence-corrected chi connectivity index (χ4v) is 1.23. The first-order valence-corrected chi connectivity index (χ1v) is 3.67. The first-order valence-electron chi connectivity index (χ1n) is 3.67. The molecule has 1 aromatic carbocycles. The minimum atomic E-state index is 0.440. The van der Waals surface area contributed by atoms with Crippen LogP contribution in [0, 0.1) is 11.3 Å². The van der Waals surface area contributed by atoms with Crippen molar-refractivity contribution in [3.8, 4) is 6.07 Å². The van der Waals surface area contributed by atoms with E-state index in [9.17, 15) is 4.79 Å². The van der Waals surface area contributed by atoms with Crippen LogP contribution in [-0.4, -0.2) is 16.3 Å². The fourth-order valence-electron chi connectivity index (χ4n) is 1.23. The zero-order valence-corrected chi connectivity index (χ0v) is 6.61. The van der Waals surface area contributed by atoms with Crippen LogP contribution in [-0.2, 0) is 0 Å². The van der Waals surface area contributed by atoms with Gasteiger partial charge < -0.3 is 4.98 Å². The Hall–Kier alpha value is -2.15. The van der Waals surface area contributed by atoms with Gasteiger partial charge >= 0.3 is 0 Å². The van der Waals surface area contributed by atoms with Crippen LogP contribution in [0.5, 0.6) is 0 Å². The Morgan fingerprint density at radius 1 is 1.54 bits per heavy atom. The van der Waals surface area contributed by atoms with E-state index in [1.165, 1.54) is 12.4 Å². The summed E-state index contributed by atoms with van der Waals surface area (Å²) in [7, 11) is 0. The molecule has 0 saturated heterocycles. The molecule has 1 heterocycles. The highest BCUT2D eigenvalue weighted by atomic mass is 16.1. The Bertz CT molecular complexity index is 507. The van der Waals surface area contributed by atoms with Gasteiger partial charge in [0.15, 0.2) is 6.29 Å². The molecule has 4 heteroatoms. The number of nitriles is 1. The molecule has 62 valence electrons. The first-order chi connectivity index (χ1) is 6.35. The summed E-state index contributed by atoms with van der Waals surface area (Å²) >= 11 is 0. The van der Waals surface area contributed by atoms with Crippen LogP contribution >= 0.6 is 0 Å². The molecule has 0 aliphatic carbocycles. The van der Waals surface area contributed by atoms with Crippen molar-refractivity contribution >= 4 is 17.3 Å². The molecule has 0 amide bonds. The Labute approximate surface area is 73.8 Å². The van der Waals surface area contributed by atoms with E-state index in [-0.39, 0.29) is 0 Å². The Balaban J connectivity index is 2.86. The molecular formula is C9H5N3O. The lowest BCUT2D eigenvalue weighted by Gasteiger charge is -1.93. The van der Waals surface area contributed by atoms with E-state index in [0.717, 1.165) is 0 Å². The third-order valence-corrected chi connectivity index (χ3v) is 1.81. The zero-order chi connectivity index (χ0) is 9.26. The maximum absolute atomic E-state index is 10.6. The number of aromatic nitrogens is 2. The number of benzene rings is 1. The monoisotopic (exact) mass is 171 g/mol.